The number of rotatable bonds is 4. The van der Waals surface area contributed by atoms with E-state index in [0.29, 0.717) is 37.6 Å². The van der Waals surface area contributed by atoms with E-state index < -0.39 is 5.60 Å². The molecule has 3 N–H and O–H groups in total. The number of aromatic amines is 2. The first-order chi connectivity index (χ1) is 17.3. The Bertz CT molecular complexity index is 1600. The number of halogens is 3. The van der Waals surface area contributed by atoms with Gasteiger partial charge in [0.1, 0.15) is 11.6 Å². The summed E-state index contributed by atoms with van der Waals surface area (Å²) >= 11 is 3.06. The van der Waals surface area contributed by atoms with Crippen LogP contribution in [0.3, 0.4) is 0 Å². The second kappa shape index (κ2) is 9.44. The summed E-state index contributed by atoms with van der Waals surface area (Å²) in [6.45, 7) is 0. The van der Waals surface area contributed by atoms with Gasteiger partial charge in [-0.15, -0.1) is 0 Å². The molecule has 0 spiro atoms. The van der Waals surface area contributed by atoms with Gasteiger partial charge >= 0.3 is 0 Å². The number of hydrogen-bond donors (Lipinski definition) is 3. The number of aldehydes is 2. The second-order valence-electron chi connectivity index (χ2n) is 8.88. The Morgan fingerprint density at radius 2 is 1.39 bits per heavy atom. The molecule has 1 aliphatic rings. The minimum Gasteiger partial charge on any atom is -0.385 e. The van der Waals surface area contributed by atoms with Gasteiger partial charge in [-0.3, -0.25) is 9.59 Å². The van der Waals surface area contributed by atoms with Crippen molar-refractivity contribution in [3.8, 4) is 11.1 Å². The third-order valence-electron chi connectivity index (χ3n) is 6.72. The van der Waals surface area contributed by atoms with Gasteiger partial charge in [0.2, 0.25) is 0 Å². The number of fused-ring (bicyclic) bond motifs is 2. The summed E-state index contributed by atoms with van der Waals surface area (Å²) in [5.41, 5.74) is 3.63. The van der Waals surface area contributed by atoms with E-state index in [2.05, 4.69) is 25.9 Å². The summed E-state index contributed by atoms with van der Waals surface area (Å²) in [7, 11) is 0. The Balaban J connectivity index is 0.000000174. The van der Waals surface area contributed by atoms with Gasteiger partial charge in [0.05, 0.1) is 10.1 Å². The average molecular weight is 551 g/mol. The van der Waals surface area contributed by atoms with E-state index in [-0.39, 0.29) is 11.6 Å². The van der Waals surface area contributed by atoms with E-state index in [1.54, 1.807) is 24.5 Å². The van der Waals surface area contributed by atoms with E-state index in [9.17, 15) is 23.5 Å². The molecule has 1 aliphatic carbocycles. The first-order valence-electron chi connectivity index (χ1n) is 11.3. The lowest BCUT2D eigenvalue weighted by molar-refractivity contribution is -0.0387. The monoisotopic (exact) mass is 550 g/mol. The predicted molar refractivity (Wildman–Crippen MR) is 138 cm³/mol. The van der Waals surface area contributed by atoms with Crippen LogP contribution in [0.4, 0.5) is 8.78 Å². The number of carbonyl (C=O) groups is 2. The molecule has 0 saturated heterocycles. The fourth-order valence-corrected chi connectivity index (χ4v) is 4.82. The van der Waals surface area contributed by atoms with E-state index >= 15 is 0 Å². The molecule has 182 valence electrons. The molecule has 0 aliphatic heterocycles. The van der Waals surface area contributed by atoms with Crippen LogP contribution in [0.2, 0.25) is 0 Å². The molecule has 2 heterocycles. The minimum absolute atomic E-state index is 0.341. The Hall–Kier alpha value is -3.62. The Labute approximate surface area is 213 Å². The Morgan fingerprint density at radius 3 is 1.92 bits per heavy atom. The van der Waals surface area contributed by atoms with Crippen molar-refractivity contribution >= 4 is 50.3 Å². The van der Waals surface area contributed by atoms with Gasteiger partial charge in [-0.25, -0.2) is 8.78 Å². The molecule has 5 nitrogen and oxygen atoms in total. The molecular weight excluding hydrogens is 530 g/mol. The van der Waals surface area contributed by atoms with Gasteiger partial charge in [-0.2, -0.15) is 0 Å². The number of nitrogens with one attached hydrogen (secondary N) is 2. The first kappa shape index (κ1) is 24.1. The van der Waals surface area contributed by atoms with Gasteiger partial charge < -0.3 is 15.1 Å². The van der Waals surface area contributed by atoms with Gasteiger partial charge in [-0.05, 0) is 70.6 Å². The molecule has 3 aromatic carbocycles. The number of H-pyrrole nitrogens is 2. The lowest BCUT2D eigenvalue weighted by Crippen LogP contribution is -2.33. The van der Waals surface area contributed by atoms with Crippen molar-refractivity contribution in [2.24, 2.45) is 0 Å². The molecule has 1 fully saturated rings. The van der Waals surface area contributed by atoms with Crippen LogP contribution in [0, 0.1) is 11.6 Å². The van der Waals surface area contributed by atoms with Crippen molar-refractivity contribution in [2.45, 2.75) is 24.9 Å². The average Bonchev–Trinajstić information content (AvgIpc) is 3.45. The molecule has 0 radical (unpaired) electrons. The number of aromatic nitrogens is 2. The maximum absolute atomic E-state index is 14.4. The lowest BCUT2D eigenvalue weighted by Gasteiger charge is -2.37. The molecule has 5 aromatic rings. The quantitative estimate of drug-likeness (QED) is 0.210. The van der Waals surface area contributed by atoms with Crippen LogP contribution in [0.25, 0.3) is 32.9 Å². The number of hydrogen-bond acceptors (Lipinski definition) is 3. The summed E-state index contributed by atoms with van der Waals surface area (Å²) in [5, 5.41) is 11.8. The standard InChI is InChI=1S/C19H16FNO2.C9H5BrFNO/c20-17-9-18-16(13(11-22)10-21-18)8-15(17)12-2-4-14(5-3-12)19(23)6-1-7-19;10-7-1-6-5(4-13)3-12-9(6)2-8(7)11/h2-5,8-11,21,23H,1,6-7H2;1-4,12H. The third kappa shape index (κ3) is 4.27. The fraction of sp³-hybridized carbons (Fsp3) is 0.143. The smallest absolute Gasteiger partial charge is 0.152 e. The van der Waals surface area contributed by atoms with Gasteiger partial charge in [0.15, 0.2) is 12.6 Å². The molecule has 8 heteroatoms. The Morgan fingerprint density at radius 1 is 0.833 bits per heavy atom. The van der Waals surface area contributed by atoms with Crippen LogP contribution in [-0.4, -0.2) is 27.6 Å². The van der Waals surface area contributed by atoms with Gasteiger partial charge in [0, 0.05) is 50.9 Å². The highest BCUT2D eigenvalue weighted by Gasteiger charge is 2.35. The van der Waals surface area contributed by atoms with Crippen LogP contribution in [0.15, 0.2) is 65.4 Å². The van der Waals surface area contributed by atoms with Crippen LogP contribution in [-0.2, 0) is 5.60 Å². The van der Waals surface area contributed by atoms with Crippen LogP contribution < -0.4 is 0 Å². The van der Waals surface area contributed by atoms with Crippen LogP contribution >= 0.6 is 15.9 Å². The number of carbonyl (C=O) groups excluding carboxylic acids is 2. The van der Waals surface area contributed by atoms with Gasteiger partial charge in [0.25, 0.3) is 0 Å². The third-order valence-corrected chi connectivity index (χ3v) is 7.33. The van der Waals surface area contributed by atoms with Crippen molar-refractivity contribution in [1.82, 2.24) is 9.97 Å². The van der Waals surface area contributed by atoms with E-state index in [1.165, 1.54) is 12.1 Å². The van der Waals surface area contributed by atoms with Crippen molar-refractivity contribution in [1.29, 1.82) is 0 Å². The molecule has 0 unspecified atom stereocenters. The number of aliphatic hydroxyl groups is 1. The zero-order chi connectivity index (χ0) is 25.4. The number of benzene rings is 3. The van der Waals surface area contributed by atoms with Gasteiger partial charge in [-0.1, -0.05) is 24.3 Å². The maximum Gasteiger partial charge on any atom is 0.152 e. The van der Waals surface area contributed by atoms with E-state index in [1.807, 2.05) is 24.3 Å². The molecule has 6 rings (SSSR count). The van der Waals surface area contributed by atoms with Crippen molar-refractivity contribution < 1.29 is 23.5 Å². The zero-order valence-corrected chi connectivity index (χ0v) is 20.5. The highest BCUT2D eigenvalue weighted by Crippen LogP contribution is 2.41. The Kier molecular flexibility index (Phi) is 6.32. The van der Waals surface area contributed by atoms with Crippen molar-refractivity contribution in [3.63, 3.8) is 0 Å². The lowest BCUT2D eigenvalue weighted by atomic mass is 9.75. The zero-order valence-electron chi connectivity index (χ0n) is 18.9. The molecule has 0 bridgehead atoms. The van der Waals surface area contributed by atoms with Crippen molar-refractivity contribution in [3.05, 3.63) is 93.7 Å². The summed E-state index contributed by atoms with van der Waals surface area (Å²) in [6.07, 6.45) is 7.22. The van der Waals surface area contributed by atoms with Crippen LogP contribution in [0.5, 0.6) is 0 Å². The summed E-state index contributed by atoms with van der Waals surface area (Å²) < 4.78 is 27.7. The highest BCUT2D eigenvalue weighted by atomic mass is 79.9. The topological polar surface area (TPSA) is 85.9 Å². The molecular formula is C28H21BrF2N2O3. The normalized spacial score (nSPS) is 14.2. The fourth-order valence-electron chi connectivity index (χ4n) is 4.48. The summed E-state index contributed by atoms with van der Waals surface area (Å²) in [4.78, 5) is 27.3. The predicted octanol–water partition coefficient (Wildman–Crippen LogP) is 7.04. The maximum atomic E-state index is 14.4. The minimum atomic E-state index is -0.716. The molecule has 2 aromatic heterocycles. The SMILES string of the molecule is O=Cc1c[nH]c2cc(F)c(-c3ccc(C4(O)CCC4)cc3)cc12.O=Cc1c[nH]c2cc(F)c(Br)cc12. The largest absolute Gasteiger partial charge is 0.385 e. The highest BCUT2D eigenvalue weighted by molar-refractivity contribution is 9.10. The molecule has 0 amide bonds. The van der Waals surface area contributed by atoms with Crippen molar-refractivity contribution in [2.75, 3.05) is 0 Å². The summed E-state index contributed by atoms with van der Waals surface area (Å²) in [5.74, 6) is -0.682. The molecule has 1 saturated carbocycles. The second-order valence-corrected chi connectivity index (χ2v) is 9.73. The summed E-state index contributed by atoms with van der Waals surface area (Å²) in [6, 6.07) is 13.4. The molecule has 0 atom stereocenters. The van der Waals surface area contributed by atoms with E-state index in [4.69, 9.17) is 0 Å². The molecule has 36 heavy (non-hydrogen) atoms. The van der Waals surface area contributed by atoms with E-state index in [0.717, 1.165) is 48.3 Å². The van der Waals surface area contributed by atoms with Crippen LogP contribution in [0.1, 0.15) is 45.5 Å². The first-order valence-corrected chi connectivity index (χ1v) is 12.1.